The maximum absolute atomic E-state index is 12.6. The smallest absolute Gasteiger partial charge is 0.407 e. The van der Waals surface area contributed by atoms with Gasteiger partial charge in [-0.05, 0) is 47.1 Å². The molecule has 174 valence electrons. The van der Waals surface area contributed by atoms with E-state index in [0.29, 0.717) is 5.75 Å². The third kappa shape index (κ3) is 5.96. The van der Waals surface area contributed by atoms with Crippen molar-refractivity contribution in [1.82, 2.24) is 10.6 Å². The van der Waals surface area contributed by atoms with Crippen LogP contribution in [-0.2, 0) is 14.3 Å². The van der Waals surface area contributed by atoms with Gasteiger partial charge in [0.1, 0.15) is 18.7 Å². The van der Waals surface area contributed by atoms with Gasteiger partial charge in [0.05, 0.1) is 0 Å². The van der Waals surface area contributed by atoms with Gasteiger partial charge >= 0.3 is 12.1 Å². The lowest BCUT2D eigenvalue weighted by atomic mass is 9.98. The van der Waals surface area contributed by atoms with Crippen LogP contribution in [0.2, 0.25) is 0 Å². The first-order valence-electron chi connectivity index (χ1n) is 10.7. The quantitative estimate of drug-likeness (QED) is 0.434. The molecule has 0 heterocycles. The number of ether oxygens (including phenoxy) is 1. The number of benzene rings is 2. The van der Waals surface area contributed by atoms with E-state index >= 15 is 0 Å². The Hall–Kier alpha value is -3.26. The van der Waals surface area contributed by atoms with Gasteiger partial charge in [0, 0.05) is 5.92 Å². The average molecular weight is 469 g/mol. The van der Waals surface area contributed by atoms with Gasteiger partial charge in [-0.3, -0.25) is 4.79 Å². The fraction of sp³-hybridized carbons (Fsp3) is 0.320. The predicted molar refractivity (Wildman–Crippen MR) is 129 cm³/mol. The van der Waals surface area contributed by atoms with Crippen LogP contribution in [0.4, 0.5) is 4.79 Å². The summed E-state index contributed by atoms with van der Waals surface area (Å²) in [5.74, 6) is -1.21. The number of carbonyl (C=O) groups excluding carboxylic acids is 2. The Bertz CT molecular complexity index is 980. The van der Waals surface area contributed by atoms with Gasteiger partial charge in [-0.15, -0.1) is 6.58 Å². The van der Waals surface area contributed by atoms with Crippen LogP contribution in [0, 0.1) is 0 Å². The Balaban J connectivity index is 1.63. The second-order valence-electron chi connectivity index (χ2n) is 7.73. The van der Waals surface area contributed by atoms with Gasteiger partial charge in [-0.25, -0.2) is 9.59 Å². The Morgan fingerprint density at radius 2 is 1.67 bits per heavy atom. The highest BCUT2D eigenvalue weighted by Gasteiger charge is 2.30. The normalized spacial score (nSPS) is 13.8. The highest BCUT2D eigenvalue weighted by molar-refractivity contribution is 7.98. The van der Waals surface area contributed by atoms with Gasteiger partial charge in [0.25, 0.3) is 0 Å². The van der Waals surface area contributed by atoms with Gasteiger partial charge in [0.2, 0.25) is 5.91 Å². The van der Waals surface area contributed by atoms with E-state index in [0.717, 1.165) is 22.3 Å². The topological polar surface area (TPSA) is 105 Å². The number of hydrogen-bond donors (Lipinski definition) is 3. The Labute approximate surface area is 197 Å². The number of hydrogen-bond acceptors (Lipinski definition) is 5. The molecule has 0 spiro atoms. The number of carboxylic acid groups (broad SMARTS) is 1. The molecule has 1 aliphatic carbocycles. The molecule has 3 N–H and O–H groups in total. The second-order valence-corrected chi connectivity index (χ2v) is 8.71. The van der Waals surface area contributed by atoms with E-state index in [-0.39, 0.29) is 25.4 Å². The summed E-state index contributed by atoms with van der Waals surface area (Å²) in [6.07, 6.45) is 3.04. The maximum Gasteiger partial charge on any atom is 0.407 e. The molecule has 0 aromatic heterocycles. The molecule has 0 fully saturated rings. The number of thioether (sulfide) groups is 1. The van der Waals surface area contributed by atoms with Gasteiger partial charge in [-0.2, -0.15) is 11.8 Å². The Morgan fingerprint density at radius 3 is 2.21 bits per heavy atom. The van der Waals surface area contributed by atoms with Crippen LogP contribution in [0.3, 0.4) is 0 Å². The fourth-order valence-corrected chi connectivity index (χ4v) is 4.42. The summed E-state index contributed by atoms with van der Waals surface area (Å²) in [7, 11) is 0. The summed E-state index contributed by atoms with van der Waals surface area (Å²) in [5.41, 5.74) is 4.42. The first kappa shape index (κ1) is 24.4. The van der Waals surface area contributed by atoms with Crippen molar-refractivity contribution in [1.29, 1.82) is 0 Å². The minimum atomic E-state index is -1.11. The zero-order valence-corrected chi connectivity index (χ0v) is 19.3. The van der Waals surface area contributed by atoms with Crippen molar-refractivity contribution in [2.24, 2.45) is 0 Å². The molecule has 1 unspecified atom stereocenters. The van der Waals surface area contributed by atoms with Gasteiger partial charge < -0.3 is 20.5 Å². The van der Waals surface area contributed by atoms with Gasteiger partial charge in [0.15, 0.2) is 0 Å². The summed E-state index contributed by atoms with van der Waals surface area (Å²) in [6, 6.07) is 14.0. The van der Waals surface area contributed by atoms with E-state index in [1.165, 1.54) is 17.8 Å². The number of rotatable bonds is 11. The van der Waals surface area contributed by atoms with Crippen molar-refractivity contribution in [3.05, 3.63) is 72.3 Å². The standard InChI is InChI=1S/C25H28N2O5S/c1-3-8-21(23(28)26-22(24(29)30)13-14-33-2)27-25(31)32-15-20-18-11-6-4-9-16(18)17-10-5-7-12-19(17)20/h3-7,9-12,20-22H,1,8,13-15H2,2H3,(H,26,28)(H,27,31)(H,29,30)/t21?,22-/m0/s1. The summed E-state index contributed by atoms with van der Waals surface area (Å²) in [4.78, 5) is 36.6. The number of carboxylic acids is 1. The molecule has 0 radical (unpaired) electrons. The third-order valence-corrected chi connectivity index (χ3v) is 6.22. The van der Waals surface area contributed by atoms with Crippen LogP contribution >= 0.6 is 11.8 Å². The Morgan fingerprint density at radius 1 is 1.06 bits per heavy atom. The summed E-state index contributed by atoms with van der Waals surface area (Å²) < 4.78 is 5.50. The molecular weight excluding hydrogens is 440 g/mol. The molecule has 7 nitrogen and oxygen atoms in total. The van der Waals surface area contributed by atoms with E-state index in [2.05, 4.69) is 29.3 Å². The number of aliphatic carboxylic acids is 1. The van der Waals surface area contributed by atoms with Crippen molar-refractivity contribution in [3.63, 3.8) is 0 Å². The molecule has 33 heavy (non-hydrogen) atoms. The molecule has 2 atom stereocenters. The third-order valence-electron chi connectivity index (χ3n) is 5.58. The first-order valence-corrected chi connectivity index (χ1v) is 12.1. The van der Waals surface area contributed by atoms with Crippen molar-refractivity contribution < 1.29 is 24.2 Å². The van der Waals surface area contributed by atoms with Crippen LogP contribution in [-0.4, -0.2) is 53.8 Å². The average Bonchev–Trinajstić information content (AvgIpc) is 3.13. The van der Waals surface area contributed by atoms with E-state index < -0.39 is 30.1 Å². The highest BCUT2D eigenvalue weighted by Crippen LogP contribution is 2.44. The van der Waals surface area contributed by atoms with E-state index in [1.54, 1.807) is 0 Å². The van der Waals surface area contributed by atoms with Crippen LogP contribution in [0.5, 0.6) is 0 Å². The molecule has 0 bridgehead atoms. The number of nitrogens with one attached hydrogen (secondary N) is 2. The molecule has 0 saturated carbocycles. The van der Waals surface area contributed by atoms with Crippen molar-refractivity contribution in [2.75, 3.05) is 18.6 Å². The molecule has 2 amide bonds. The predicted octanol–water partition coefficient (Wildman–Crippen LogP) is 3.79. The van der Waals surface area contributed by atoms with Crippen LogP contribution in [0.15, 0.2) is 61.2 Å². The van der Waals surface area contributed by atoms with E-state index in [9.17, 15) is 19.5 Å². The largest absolute Gasteiger partial charge is 0.480 e. The fourth-order valence-electron chi connectivity index (χ4n) is 3.95. The lowest BCUT2D eigenvalue weighted by Gasteiger charge is -2.21. The molecule has 3 rings (SSSR count). The maximum atomic E-state index is 12.6. The number of amides is 2. The number of carbonyl (C=O) groups is 3. The molecule has 0 saturated heterocycles. The second kappa shape index (κ2) is 11.6. The summed E-state index contributed by atoms with van der Waals surface area (Å²) in [5, 5.41) is 14.4. The van der Waals surface area contributed by atoms with Crippen LogP contribution < -0.4 is 10.6 Å². The molecule has 2 aromatic carbocycles. The Kier molecular flexibility index (Phi) is 8.54. The lowest BCUT2D eigenvalue weighted by Crippen LogP contribution is -2.51. The van der Waals surface area contributed by atoms with Crippen molar-refractivity contribution >= 4 is 29.7 Å². The zero-order valence-electron chi connectivity index (χ0n) is 18.5. The van der Waals surface area contributed by atoms with E-state index in [4.69, 9.17) is 4.74 Å². The SMILES string of the molecule is C=CCC(NC(=O)OCC1c2ccccc2-c2ccccc21)C(=O)N[C@@H](CCSC)C(=O)O. The number of fused-ring (bicyclic) bond motifs is 3. The molecule has 1 aliphatic rings. The monoisotopic (exact) mass is 468 g/mol. The molecular formula is C25H28N2O5S. The molecule has 0 aliphatic heterocycles. The zero-order chi connectivity index (χ0) is 23.8. The first-order chi connectivity index (χ1) is 16.0. The van der Waals surface area contributed by atoms with Crippen LogP contribution in [0.1, 0.15) is 29.9 Å². The van der Waals surface area contributed by atoms with Crippen LogP contribution in [0.25, 0.3) is 11.1 Å². The molecule has 8 heteroatoms. The minimum absolute atomic E-state index is 0.0993. The van der Waals surface area contributed by atoms with Gasteiger partial charge in [-0.1, -0.05) is 54.6 Å². The minimum Gasteiger partial charge on any atom is -0.480 e. The van der Waals surface area contributed by atoms with Crippen molar-refractivity contribution in [2.45, 2.75) is 30.8 Å². The highest BCUT2D eigenvalue weighted by atomic mass is 32.2. The lowest BCUT2D eigenvalue weighted by molar-refractivity contribution is -0.142. The van der Waals surface area contributed by atoms with E-state index in [1.807, 2.05) is 42.7 Å². The van der Waals surface area contributed by atoms with Crippen molar-refractivity contribution in [3.8, 4) is 11.1 Å². The summed E-state index contributed by atoms with van der Waals surface area (Å²) >= 11 is 1.49. The number of alkyl carbamates (subject to hydrolysis) is 1. The molecule has 2 aromatic rings. The summed E-state index contributed by atoms with van der Waals surface area (Å²) in [6.45, 7) is 3.74.